The predicted octanol–water partition coefficient (Wildman–Crippen LogP) is 4.41. The second kappa shape index (κ2) is 9.62. The van der Waals surface area contributed by atoms with Crippen LogP contribution in [0.15, 0.2) is 53.2 Å². The zero-order valence-electron chi connectivity index (χ0n) is 18.0. The molecule has 33 heavy (non-hydrogen) atoms. The van der Waals surface area contributed by atoms with Gasteiger partial charge in [0.05, 0.1) is 5.56 Å². The number of benzene rings is 2. The fourth-order valence-electron chi connectivity index (χ4n) is 3.81. The Hall–Kier alpha value is -3.40. The van der Waals surface area contributed by atoms with Crippen molar-refractivity contribution in [3.8, 4) is 0 Å². The molecule has 0 bridgehead atoms. The average molecular weight is 459 g/mol. The Balaban J connectivity index is 1.34. The van der Waals surface area contributed by atoms with Crippen LogP contribution >= 0.6 is 0 Å². The van der Waals surface area contributed by atoms with E-state index in [-0.39, 0.29) is 5.56 Å². The summed E-state index contributed by atoms with van der Waals surface area (Å²) in [5.74, 6) is -0.584. The number of rotatable bonds is 6. The Morgan fingerprint density at radius 1 is 1.12 bits per heavy atom. The lowest BCUT2D eigenvalue weighted by Gasteiger charge is -2.34. The quantitative estimate of drug-likeness (QED) is 0.568. The molecule has 2 aromatic carbocycles. The molecule has 10 heteroatoms. The fraction of sp³-hybridized carbons (Fsp3) is 0.348. The molecular weight excluding hydrogens is 435 g/mol. The summed E-state index contributed by atoms with van der Waals surface area (Å²) in [6.45, 7) is 4.13. The maximum Gasteiger partial charge on any atom is 0.416 e. The predicted molar refractivity (Wildman–Crippen MR) is 117 cm³/mol. The van der Waals surface area contributed by atoms with Crippen molar-refractivity contribution >= 4 is 17.3 Å². The van der Waals surface area contributed by atoms with Crippen molar-refractivity contribution in [3.05, 3.63) is 71.0 Å². The lowest BCUT2D eigenvalue weighted by Crippen LogP contribution is -2.42. The number of piperidine rings is 1. The number of amides is 1. The molecule has 1 saturated heterocycles. The van der Waals surface area contributed by atoms with E-state index in [0.29, 0.717) is 18.3 Å². The van der Waals surface area contributed by atoms with Crippen LogP contribution in [0, 0.1) is 6.92 Å². The van der Waals surface area contributed by atoms with E-state index in [1.165, 1.54) is 12.1 Å². The molecule has 1 aromatic heterocycles. The van der Waals surface area contributed by atoms with Crippen LogP contribution in [-0.2, 0) is 12.7 Å². The third-order valence-corrected chi connectivity index (χ3v) is 5.72. The Kier molecular flexibility index (Phi) is 6.64. The standard InChI is InChI=1S/C23H24F3N5O2/c1-15-21(30-33-29-15)14-27-18-8-10-31(11-9-18)20-7-3-6-19(13-20)28-22(32)16-4-2-5-17(12-16)23(24,25)26/h2-7,12-13,18,27H,8-11,14H2,1H3,(H,28,32). The molecule has 2 N–H and O–H groups in total. The van der Waals surface area contributed by atoms with E-state index in [4.69, 9.17) is 4.63 Å². The van der Waals surface area contributed by atoms with E-state index in [9.17, 15) is 18.0 Å². The average Bonchev–Trinajstić information content (AvgIpc) is 3.22. The molecule has 1 aliphatic rings. The summed E-state index contributed by atoms with van der Waals surface area (Å²) in [4.78, 5) is 14.7. The Morgan fingerprint density at radius 2 is 1.88 bits per heavy atom. The molecule has 1 fully saturated rings. The number of carbonyl (C=O) groups is 1. The second-order valence-electron chi connectivity index (χ2n) is 8.02. The first-order valence-electron chi connectivity index (χ1n) is 10.6. The number of anilines is 2. The van der Waals surface area contributed by atoms with E-state index in [1.807, 2.05) is 25.1 Å². The maximum absolute atomic E-state index is 12.9. The van der Waals surface area contributed by atoms with Crippen molar-refractivity contribution in [2.24, 2.45) is 0 Å². The van der Waals surface area contributed by atoms with Crippen LogP contribution in [0.1, 0.15) is 40.2 Å². The highest BCUT2D eigenvalue weighted by Crippen LogP contribution is 2.30. The van der Waals surface area contributed by atoms with Crippen molar-refractivity contribution in [1.29, 1.82) is 0 Å². The molecule has 0 spiro atoms. The van der Waals surface area contributed by atoms with Gasteiger partial charge in [-0.1, -0.05) is 22.4 Å². The van der Waals surface area contributed by atoms with Gasteiger partial charge in [0, 0.05) is 42.6 Å². The van der Waals surface area contributed by atoms with Crippen LogP contribution in [0.25, 0.3) is 0 Å². The first-order chi connectivity index (χ1) is 15.8. The van der Waals surface area contributed by atoms with Crippen LogP contribution in [0.5, 0.6) is 0 Å². The van der Waals surface area contributed by atoms with Gasteiger partial charge in [0.1, 0.15) is 11.4 Å². The molecule has 1 amide bonds. The minimum absolute atomic E-state index is 0.0420. The Bertz CT molecular complexity index is 1110. The minimum atomic E-state index is -4.50. The van der Waals surface area contributed by atoms with Gasteiger partial charge >= 0.3 is 6.18 Å². The fourth-order valence-corrected chi connectivity index (χ4v) is 3.81. The van der Waals surface area contributed by atoms with Crippen LogP contribution in [-0.4, -0.2) is 35.4 Å². The molecule has 1 aliphatic heterocycles. The number of nitrogens with zero attached hydrogens (tertiary/aromatic N) is 3. The van der Waals surface area contributed by atoms with Crippen molar-refractivity contribution in [2.45, 2.75) is 38.5 Å². The number of carbonyl (C=O) groups excluding carboxylic acids is 1. The second-order valence-corrected chi connectivity index (χ2v) is 8.02. The first-order valence-corrected chi connectivity index (χ1v) is 10.6. The maximum atomic E-state index is 12.9. The van der Waals surface area contributed by atoms with Gasteiger partial charge < -0.3 is 15.5 Å². The Labute approximate surface area is 188 Å². The van der Waals surface area contributed by atoms with Gasteiger partial charge in [-0.15, -0.1) is 0 Å². The molecule has 174 valence electrons. The molecular formula is C23H24F3N5O2. The number of aromatic nitrogens is 2. The molecule has 7 nitrogen and oxygen atoms in total. The Morgan fingerprint density at radius 3 is 2.58 bits per heavy atom. The van der Waals surface area contributed by atoms with E-state index in [1.54, 1.807) is 6.07 Å². The third kappa shape index (κ3) is 5.70. The van der Waals surface area contributed by atoms with E-state index in [0.717, 1.165) is 55.1 Å². The van der Waals surface area contributed by atoms with Crippen molar-refractivity contribution in [3.63, 3.8) is 0 Å². The number of alkyl halides is 3. The molecule has 0 saturated carbocycles. The number of aryl methyl sites for hydroxylation is 1. The van der Waals surface area contributed by atoms with Crippen molar-refractivity contribution < 1.29 is 22.6 Å². The van der Waals surface area contributed by atoms with Crippen molar-refractivity contribution in [1.82, 2.24) is 15.6 Å². The largest absolute Gasteiger partial charge is 0.416 e. The van der Waals surface area contributed by atoms with Gasteiger partial charge in [-0.05, 0) is 56.2 Å². The normalized spacial score (nSPS) is 15.0. The van der Waals surface area contributed by atoms with Crippen LogP contribution in [0.3, 0.4) is 0 Å². The number of hydrogen-bond donors (Lipinski definition) is 2. The molecule has 0 radical (unpaired) electrons. The summed E-state index contributed by atoms with van der Waals surface area (Å²) in [5, 5.41) is 13.8. The molecule has 0 unspecified atom stereocenters. The zero-order valence-corrected chi connectivity index (χ0v) is 18.0. The van der Waals surface area contributed by atoms with E-state index < -0.39 is 17.6 Å². The summed E-state index contributed by atoms with van der Waals surface area (Å²) in [6.07, 6.45) is -2.63. The SMILES string of the molecule is Cc1nonc1CNC1CCN(c2cccc(NC(=O)c3cccc(C(F)(F)F)c3)c2)CC1. The van der Waals surface area contributed by atoms with E-state index in [2.05, 4.69) is 25.8 Å². The zero-order chi connectivity index (χ0) is 23.4. The van der Waals surface area contributed by atoms with Gasteiger partial charge in [0.15, 0.2) is 0 Å². The van der Waals surface area contributed by atoms with Gasteiger partial charge in [-0.2, -0.15) is 13.2 Å². The lowest BCUT2D eigenvalue weighted by atomic mass is 10.0. The molecule has 4 rings (SSSR count). The van der Waals surface area contributed by atoms with Gasteiger partial charge in [-0.25, -0.2) is 4.63 Å². The number of hydrogen-bond acceptors (Lipinski definition) is 6. The molecule has 0 atom stereocenters. The van der Waals surface area contributed by atoms with Crippen LogP contribution < -0.4 is 15.5 Å². The first kappa shape index (κ1) is 22.8. The van der Waals surface area contributed by atoms with Gasteiger partial charge in [0.2, 0.25) is 0 Å². The summed E-state index contributed by atoms with van der Waals surface area (Å²) < 4.78 is 43.5. The monoisotopic (exact) mass is 459 g/mol. The number of halogens is 3. The summed E-state index contributed by atoms with van der Waals surface area (Å²) in [7, 11) is 0. The third-order valence-electron chi connectivity index (χ3n) is 5.72. The van der Waals surface area contributed by atoms with Gasteiger partial charge in [0.25, 0.3) is 5.91 Å². The topological polar surface area (TPSA) is 83.3 Å². The molecule has 3 aromatic rings. The number of nitrogens with one attached hydrogen (secondary N) is 2. The summed E-state index contributed by atoms with van der Waals surface area (Å²) >= 11 is 0. The van der Waals surface area contributed by atoms with Crippen molar-refractivity contribution in [2.75, 3.05) is 23.3 Å². The highest BCUT2D eigenvalue weighted by atomic mass is 19.4. The molecule has 2 heterocycles. The summed E-state index contributed by atoms with van der Waals surface area (Å²) in [6, 6.07) is 12.1. The van der Waals surface area contributed by atoms with Gasteiger partial charge in [-0.3, -0.25) is 4.79 Å². The minimum Gasteiger partial charge on any atom is -0.371 e. The molecule has 0 aliphatic carbocycles. The summed E-state index contributed by atoms with van der Waals surface area (Å²) in [5.41, 5.74) is 2.18. The van der Waals surface area contributed by atoms with Crippen LogP contribution in [0.4, 0.5) is 24.5 Å². The lowest BCUT2D eigenvalue weighted by molar-refractivity contribution is -0.137. The highest BCUT2D eigenvalue weighted by molar-refractivity contribution is 6.04. The van der Waals surface area contributed by atoms with E-state index >= 15 is 0 Å². The van der Waals surface area contributed by atoms with Crippen LogP contribution in [0.2, 0.25) is 0 Å². The smallest absolute Gasteiger partial charge is 0.371 e. The highest BCUT2D eigenvalue weighted by Gasteiger charge is 2.31.